The molecule has 1 N–H and O–H groups in total. The number of amides is 1. The van der Waals surface area contributed by atoms with Crippen molar-refractivity contribution in [1.82, 2.24) is 0 Å². The van der Waals surface area contributed by atoms with E-state index < -0.39 is 12.0 Å². The molecule has 2 atom stereocenters. The van der Waals surface area contributed by atoms with Crippen molar-refractivity contribution in [3.05, 3.63) is 102 Å². The number of carbonyl (C=O) groups is 2. The number of ketones is 1. The topological polar surface area (TPSA) is 58.6 Å². The first-order valence-electron chi connectivity index (χ1n) is 12.6. The van der Waals surface area contributed by atoms with Crippen molar-refractivity contribution in [2.45, 2.75) is 46.3 Å². The Morgan fingerprint density at radius 3 is 2.42 bits per heavy atom. The van der Waals surface area contributed by atoms with Crippen molar-refractivity contribution >= 4 is 23.1 Å². The molecule has 0 saturated carbocycles. The van der Waals surface area contributed by atoms with Gasteiger partial charge >= 0.3 is 0 Å². The molecular weight excluding hydrogens is 448 g/mol. The Morgan fingerprint density at radius 2 is 1.69 bits per heavy atom. The number of ether oxygens (including phenoxy) is 1. The van der Waals surface area contributed by atoms with Crippen LogP contribution in [0.5, 0.6) is 5.75 Å². The lowest BCUT2D eigenvalue weighted by molar-refractivity contribution is -0.125. The molecule has 184 valence electrons. The molecule has 1 aliphatic heterocycles. The molecular formula is C31H32N2O3. The molecule has 3 aromatic rings. The molecule has 0 spiro atoms. The first-order chi connectivity index (χ1) is 17.4. The van der Waals surface area contributed by atoms with E-state index in [-0.39, 0.29) is 17.1 Å². The fourth-order valence-electron chi connectivity index (χ4n) is 5.30. The van der Waals surface area contributed by atoms with E-state index in [0.717, 1.165) is 33.9 Å². The van der Waals surface area contributed by atoms with Crippen LogP contribution in [0.3, 0.4) is 0 Å². The van der Waals surface area contributed by atoms with Crippen LogP contribution in [-0.4, -0.2) is 11.7 Å². The molecule has 1 aliphatic carbocycles. The molecule has 36 heavy (non-hydrogen) atoms. The largest absolute Gasteiger partial charge is 0.489 e. The number of anilines is 2. The highest BCUT2D eigenvalue weighted by atomic mass is 16.5. The zero-order chi connectivity index (χ0) is 25.3. The summed E-state index contributed by atoms with van der Waals surface area (Å²) in [4.78, 5) is 28.9. The van der Waals surface area contributed by atoms with Gasteiger partial charge in [0.2, 0.25) is 5.91 Å². The lowest BCUT2D eigenvalue weighted by atomic mass is 9.72. The van der Waals surface area contributed by atoms with Gasteiger partial charge in [-0.1, -0.05) is 81.4 Å². The van der Waals surface area contributed by atoms with Gasteiger partial charge in [-0.2, -0.15) is 0 Å². The van der Waals surface area contributed by atoms with E-state index in [1.54, 1.807) is 0 Å². The number of fused-ring (bicyclic) bond motifs is 2. The number of para-hydroxylation sites is 2. The third-order valence-electron chi connectivity index (χ3n) is 6.94. The predicted octanol–water partition coefficient (Wildman–Crippen LogP) is 6.67. The van der Waals surface area contributed by atoms with Crippen LogP contribution in [0.1, 0.15) is 50.8 Å². The number of rotatable bonds is 5. The standard InChI is InChI=1S/C31H32N2O3/c1-4-28(35)33-26-13-9-8-12-24(26)32-25-18-31(2,3)19-27(34)29(25)30(33)22-14-16-23(17-15-22)36-20-21-10-6-5-7-11-21/h5-18,29-30,32H,4,19-20H2,1-3H3. The number of nitrogens with one attached hydrogen (secondary N) is 1. The molecule has 2 unspecified atom stereocenters. The Bertz CT molecular complexity index is 1290. The number of hydrogen-bond donors (Lipinski definition) is 1. The smallest absolute Gasteiger partial charge is 0.227 e. The average molecular weight is 481 g/mol. The Hall–Kier alpha value is -3.86. The number of hydrogen-bond acceptors (Lipinski definition) is 4. The summed E-state index contributed by atoms with van der Waals surface area (Å²) in [5.74, 6) is 0.394. The minimum Gasteiger partial charge on any atom is -0.489 e. The van der Waals surface area contributed by atoms with E-state index in [0.29, 0.717) is 19.4 Å². The summed E-state index contributed by atoms with van der Waals surface area (Å²) in [6.07, 6.45) is 2.94. The first-order valence-corrected chi connectivity index (χ1v) is 12.6. The number of carbonyl (C=O) groups excluding carboxylic acids is 2. The van der Waals surface area contributed by atoms with E-state index in [1.165, 1.54) is 0 Å². The number of Topliss-reactive ketones (excluding diaryl/α,β-unsaturated/α-hetero) is 1. The van der Waals surface area contributed by atoms with E-state index >= 15 is 0 Å². The number of allylic oxidation sites excluding steroid dienone is 1. The molecule has 5 nitrogen and oxygen atoms in total. The normalized spacial score (nSPS) is 20.4. The predicted molar refractivity (Wildman–Crippen MR) is 143 cm³/mol. The van der Waals surface area contributed by atoms with Gasteiger partial charge in [0.25, 0.3) is 0 Å². The Morgan fingerprint density at radius 1 is 1.00 bits per heavy atom. The summed E-state index contributed by atoms with van der Waals surface area (Å²) >= 11 is 0. The van der Waals surface area contributed by atoms with Crippen LogP contribution in [0, 0.1) is 11.3 Å². The molecule has 0 radical (unpaired) electrons. The molecule has 1 heterocycles. The quantitative estimate of drug-likeness (QED) is 0.443. The Kier molecular flexibility index (Phi) is 6.40. The van der Waals surface area contributed by atoms with Crippen LogP contribution in [0.4, 0.5) is 11.4 Å². The highest BCUT2D eigenvalue weighted by Crippen LogP contribution is 2.48. The Labute approximate surface area is 212 Å². The van der Waals surface area contributed by atoms with Gasteiger partial charge in [-0.3, -0.25) is 9.59 Å². The minimum absolute atomic E-state index is 0.0162. The van der Waals surface area contributed by atoms with Crippen LogP contribution in [0.25, 0.3) is 0 Å². The van der Waals surface area contributed by atoms with Gasteiger partial charge in [0, 0.05) is 18.5 Å². The molecule has 1 amide bonds. The van der Waals surface area contributed by atoms with E-state index in [1.807, 2.05) is 90.7 Å². The summed E-state index contributed by atoms with van der Waals surface area (Å²) in [5, 5.41) is 3.53. The van der Waals surface area contributed by atoms with Gasteiger partial charge in [-0.05, 0) is 40.8 Å². The second kappa shape index (κ2) is 9.65. The van der Waals surface area contributed by atoms with Gasteiger partial charge in [0.15, 0.2) is 0 Å². The van der Waals surface area contributed by atoms with Crippen molar-refractivity contribution < 1.29 is 14.3 Å². The lowest BCUT2D eigenvalue weighted by Gasteiger charge is -2.39. The molecule has 0 saturated heterocycles. The first kappa shape index (κ1) is 23.9. The summed E-state index contributed by atoms with van der Waals surface area (Å²) in [7, 11) is 0. The van der Waals surface area contributed by atoms with Crippen molar-refractivity contribution in [2.24, 2.45) is 11.3 Å². The second-order valence-electron chi connectivity index (χ2n) is 10.3. The molecule has 5 rings (SSSR count). The van der Waals surface area contributed by atoms with Gasteiger partial charge in [-0.25, -0.2) is 0 Å². The molecule has 5 heteroatoms. The number of nitrogens with zero attached hydrogens (tertiary/aromatic N) is 1. The van der Waals surface area contributed by atoms with Crippen LogP contribution in [-0.2, 0) is 16.2 Å². The zero-order valence-electron chi connectivity index (χ0n) is 21.0. The maximum Gasteiger partial charge on any atom is 0.227 e. The summed E-state index contributed by atoms with van der Waals surface area (Å²) in [6, 6.07) is 25.2. The third-order valence-corrected chi connectivity index (χ3v) is 6.94. The molecule has 0 aromatic heterocycles. The second-order valence-corrected chi connectivity index (χ2v) is 10.3. The monoisotopic (exact) mass is 480 g/mol. The van der Waals surface area contributed by atoms with Crippen LogP contribution in [0.15, 0.2) is 90.6 Å². The van der Waals surface area contributed by atoms with E-state index in [4.69, 9.17) is 4.74 Å². The Balaban J connectivity index is 1.57. The average Bonchev–Trinajstić information content (AvgIpc) is 3.01. The van der Waals surface area contributed by atoms with Crippen LogP contribution < -0.4 is 15.0 Å². The van der Waals surface area contributed by atoms with Crippen LogP contribution in [0.2, 0.25) is 0 Å². The van der Waals surface area contributed by atoms with Gasteiger partial charge in [0.05, 0.1) is 23.3 Å². The van der Waals surface area contributed by atoms with Gasteiger partial charge in [0.1, 0.15) is 18.1 Å². The maximum atomic E-state index is 13.7. The number of benzene rings is 3. The summed E-state index contributed by atoms with van der Waals surface area (Å²) in [5.41, 5.74) is 4.24. The summed E-state index contributed by atoms with van der Waals surface area (Å²) < 4.78 is 5.99. The van der Waals surface area contributed by atoms with Crippen molar-refractivity contribution in [1.29, 1.82) is 0 Å². The fraction of sp³-hybridized carbons (Fsp3) is 0.290. The van der Waals surface area contributed by atoms with Crippen molar-refractivity contribution in [2.75, 3.05) is 10.2 Å². The minimum atomic E-state index is -0.475. The SMILES string of the molecule is CCC(=O)N1c2ccccc2NC2=CC(C)(C)CC(=O)C2C1c1ccc(OCc2ccccc2)cc1. The summed E-state index contributed by atoms with van der Waals surface area (Å²) in [6.45, 7) is 6.50. The van der Waals surface area contributed by atoms with Gasteiger partial charge in [-0.15, -0.1) is 0 Å². The highest BCUT2D eigenvalue weighted by Gasteiger charge is 2.45. The molecule has 2 aliphatic rings. The van der Waals surface area contributed by atoms with Crippen LogP contribution >= 0.6 is 0 Å². The molecule has 0 bridgehead atoms. The third kappa shape index (κ3) is 4.66. The molecule has 0 fully saturated rings. The maximum absolute atomic E-state index is 13.7. The zero-order valence-corrected chi connectivity index (χ0v) is 21.0. The lowest BCUT2D eigenvalue weighted by Crippen LogP contribution is -2.43. The fourth-order valence-corrected chi connectivity index (χ4v) is 5.30. The van der Waals surface area contributed by atoms with E-state index in [9.17, 15) is 9.59 Å². The van der Waals surface area contributed by atoms with Gasteiger partial charge < -0.3 is 15.0 Å². The van der Waals surface area contributed by atoms with Crippen molar-refractivity contribution in [3.63, 3.8) is 0 Å². The molecule has 3 aromatic carbocycles. The van der Waals surface area contributed by atoms with E-state index in [2.05, 4.69) is 25.2 Å². The highest BCUT2D eigenvalue weighted by molar-refractivity contribution is 6.01. The van der Waals surface area contributed by atoms with Crippen molar-refractivity contribution in [3.8, 4) is 5.75 Å².